The molecule has 2 aliphatic rings. The Bertz CT molecular complexity index is 427. The van der Waals surface area contributed by atoms with Crippen LogP contribution in [0.4, 0.5) is 0 Å². The number of rotatable bonds is 1. The van der Waals surface area contributed by atoms with E-state index in [1.54, 1.807) is 0 Å². The van der Waals surface area contributed by atoms with Crippen molar-refractivity contribution in [3.05, 3.63) is 0 Å². The van der Waals surface area contributed by atoms with Crippen molar-refractivity contribution in [2.24, 2.45) is 28.1 Å². The van der Waals surface area contributed by atoms with Crippen LogP contribution in [0.1, 0.15) is 67.2 Å². The zero-order valence-corrected chi connectivity index (χ0v) is 13.8. The van der Waals surface area contributed by atoms with E-state index in [-0.39, 0.29) is 22.6 Å². The summed E-state index contributed by atoms with van der Waals surface area (Å²) in [7, 11) is 0. The summed E-state index contributed by atoms with van der Waals surface area (Å²) in [6.45, 7) is 13.4. The number of carbonyl (C=O) groups is 2. The molecular formula is C17H29NO2. The maximum atomic E-state index is 12.4. The van der Waals surface area contributed by atoms with E-state index in [0.717, 1.165) is 19.3 Å². The lowest BCUT2D eigenvalue weighted by atomic mass is 9.70. The summed E-state index contributed by atoms with van der Waals surface area (Å²) >= 11 is 0. The molecule has 0 radical (unpaired) electrons. The Morgan fingerprint density at radius 1 is 1.15 bits per heavy atom. The van der Waals surface area contributed by atoms with Crippen LogP contribution in [0, 0.1) is 28.1 Å². The van der Waals surface area contributed by atoms with Gasteiger partial charge in [0.1, 0.15) is 0 Å². The maximum Gasteiger partial charge on any atom is 0.233 e. The highest BCUT2D eigenvalue weighted by atomic mass is 16.2. The van der Waals surface area contributed by atoms with Crippen molar-refractivity contribution in [2.45, 2.75) is 67.2 Å². The van der Waals surface area contributed by atoms with Crippen LogP contribution in [0.3, 0.4) is 0 Å². The topological polar surface area (TPSA) is 46.2 Å². The van der Waals surface area contributed by atoms with Crippen LogP contribution in [0.15, 0.2) is 0 Å². The molecule has 1 aliphatic heterocycles. The molecule has 2 fully saturated rings. The number of carbonyl (C=O) groups excluding carboxylic acids is 2. The highest BCUT2D eigenvalue weighted by molar-refractivity contribution is 6.06. The van der Waals surface area contributed by atoms with Gasteiger partial charge >= 0.3 is 0 Å². The standard InChI is InChI=1S/C17H29NO2/c1-15(2,3)8-12-7-11(16(4,5)6)9-17(12)10-13(19)18-14(17)20/h11-12H,7-10H2,1-6H3,(H,18,19,20). The second-order valence-electron chi connectivity index (χ2n) is 9.17. The molecule has 2 rings (SSSR count). The first-order valence-corrected chi connectivity index (χ1v) is 7.78. The van der Waals surface area contributed by atoms with E-state index in [9.17, 15) is 9.59 Å². The summed E-state index contributed by atoms with van der Waals surface area (Å²) in [5.41, 5.74) is -0.0375. The molecule has 2 amide bonds. The largest absolute Gasteiger partial charge is 0.296 e. The molecule has 0 aromatic carbocycles. The first-order valence-electron chi connectivity index (χ1n) is 7.78. The van der Waals surface area contributed by atoms with Gasteiger partial charge in [0.2, 0.25) is 11.8 Å². The zero-order valence-electron chi connectivity index (χ0n) is 13.8. The fourth-order valence-corrected chi connectivity index (χ4v) is 4.09. The molecule has 3 heteroatoms. The summed E-state index contributed by atoms with van der Waals surface area (Å²) < 4.78 is 0. The molecule has 1 heterocycles. The third-order valence-electron chi connectivity index (χ3n) is 5.23. The van der Waals surface area contributed by atoms with Crippen LogP contribution in [-0.2, 0) is 9.59 Å². The Hall–Kier alpha value is -0.860. The van der Waals surface area contributed by atoms with E-state index in [4.69, 9.17) is 0 Å². The van der Waals surface area contributed by atoms with E-state index in [1.165, 1.54) is 0 Å². The number of hydrogen-bond donors (Lipinski definition) is 1. The van der Waals surface area contributed by atoms with Crippen LogP contribution in [-0.4, -0.2) is 11.8 Å². The zero-order chi connectivity index (χ0) is 15.3. The average Bonchev–Trinajstić information content (AvgIpc) is 2.67. The number of imide groups is 1. The second-order valence-corrected chi connectivity index (χ2v) is 9.17. The smallest absolute Gasteiger partial charge is 0.233 e. The fraction of sp³-hybridized carbons (Fsp3) is 0.882. The van der Waals surface area contributed by atoms with Gasteiger partial charge in [-0.2, -0.15) is 0 Å². The average molecular weight is 279 g/mol. The van der Waals surface area contributed by atoms with Gasteiger partial charge in [0, 0.05) is 6.42 Å². The van der Waals surface area contributed by atoms with Gasteiger partial charge in [0.05, 0.1) is 5.41 Å². The lowest BCUT2D eigenvalue weighted by Crippen LogP contribution is -2.36. The molecule has 1 saturated carbocycles. The quantitative estimate of drug-likeness (QED) is 0.746. The molecule has 114 valence electrons. The molecule has 3 atom stereocenters. The molecule has 1 N–H and O–H groups in total. The predicted octanol–water partition coefficient (Wildman–Crippen LogP) is 3.53. The van der Waals surface area contributed by atoms with E-state index >= 15 is 0 Å². The first-order chi connectivity index (χ1) is 8.94. The molecule has 1 aliphatic carbocycles. The summed E-state index contributed by atoms with van der Waals surface area (Å²) in [5, 5.41) is 2.56. The van der Waals surface area contributed by atoms with Crippen molar-refractivity contribution in [3.8, 4) is 0 Å². The first kappa shape index (κ1) is 15.5. The van der Waals surface area contributed by atoms with Crippen LogP contribution in [0.2, 0.25) is 0 Å². The van der Waals surface area contributed by atoms with Crippen LogP contribution < -0.4 is 5.32 Å². The van der Waals surface area contributed by atoms with Gasteiger partial charge in [-0.3, -0.25) is 14.9 Å². The van der Waals surface area contributed by atoms with Gasteiger partial charge in [-0.25, -0.2) is 0 Å². The van der Waals surface area contributed by atoms with Gasteiger partial charge in [0.15, 0.2) is 0 Å². The Morgan fingerprint density at radius 3 is 2.15 bits per heavy atom. The molecule has 0 aromatic heterocycles. The predicted molar refractivity (Wildman–Crippen MR) is 79.9 cm³/mol. The molecule has 3 unspecified atom stereocenters. The van der Waals surface area contributed by atoms with Crippen LogP contribution >= 0.6 is 0 Å². The normalized spacial score (nSPS) is 34.9. The SMILES string of the molecule is CC(C)(C)CC1CC(C(C)(C)C)CC12CC(=O)NC2=O. The van der Waals surface area contributed by atoms with Crippen LogP contribution in [0.5, 0.6) is 0 Å². The summed E-state index contributed by atoms with van der Waals surface area (Å²) in [6, 6.07) is 0. The van der Waals surface area contributed by atoms with Crippen molar-refractivity contribution in [1.82, 2.24) is 5.32 Å². The molecule has 3 nitrogen and oxygen atoms in total. The monoisotopic (exact) mass is 279 g/mol. The van der Waals surface area contributed by atoms with E-state index in [2.05, 4.69) is 46.9 Å². The summed E-state index contributed by atoms with van der Waals surface area (Å²) in [5.74, 6) is 0.761. The number of amides is 2. The van der Waals surface area contributed by atoms with Crippen molar-refractivity contribution in [1.29, 1.82) is 0 Å². The van der Waals surface area contributed by atoms with E-state index in [1.807, 2.05) is 0 Å². The fourth-order valence-electron chi connectivity index (χ4n) is 4.09. The Kier molecular flexibility index (Phi) is 3.55. The van der Waals surface area contributed by atoms with Crippen molar-refractivity contribution < 1.29 is 9.59 Å². The van der Waals surface area contributed by atoms with Gasteiger partial charge in [-0.1, -0.05) is 41.5 Å². The van der Waals surface area contributed by atoms with Gasteiger partial charge in [0.25, 0.3) is 0 Å². The van der Waals surface area contributed by atoms with Crippen LogP contribution in [0.25, 0.3) is 0 Å². The highest BCUT2D eigenvalue weighted by Gasteiger charge is 2.58. The maximum absolute atomic E-state index is 12.4. The Balaban J connectivity index is 2.31. The molecule has 20 heavy (non-hydrogen) atoms. The van der Waals surface area contributed by atoms with Gasteiger partial charge in [-0.05, 0) is 41.9 Å². The summed E-state index contributed by atoms with van der Waals surface area (Å²) in [4.78, 5) is 24.2. The highest BCUT2D eigenvalue weighted by Crippen LogP contribution is 2.58. The molecule has 0 bridgehead atoms. The van der Waals surface area contributed by atoms with Crippen molar-refractivity contribution >= 4 is 11.8 Å². The minimum Gasteiger partial charge on any atom is -0.296 e. The lowest BCUT2D eigenvalue weighted by molar-refractivity contribution is -0.130. The minimum atomic E-state index is -0.428. The number of nitrogens with one attached hydrogen (secondary N) is 1. The molecule has 0 aromatic rings. The minimum absolute atomic E-state index is 0.0106. The van der Waals surface area contributed by atoms with Gasteiger partial charge < -0.3 is 0 Å². The number of hydrogen-bond acceptors (Lipinski definition) is 2. The third-order valence-corrected chi connectivity index (χ3v) is 5.23. The van der Waals surface area contributed by atoms with E-state index < -0.39 is 5.41 Å². The molecule has 1 spiro atoms. The van der Waals surface area contributed by atoms with Crippen molar-refractivity contribution in [3.63, 3.8) is 0 Å². The lowest BCUT2D eigenvalue weighted by Gasteiger charge is -2.32. The van der Waals surface area contributed by atoms with E-state index in [0.29, 0.717) is 18.3 Å². The Labute approximate surface area is 122 Å². The third kappa shape index (κ3) is 2.77. The van der Waals surface area contributed by atoms with Gasteiger partial charge in [-0.15, -0.1) is 0 Å². The van der Waals surface area contributed by atoms with Crippen molar-refractivity contribution in [2.75, 3.05) is 0 Å². The molecule has 1 saturated heterocycles. The Morgan fingerprint density at radius 2 is 1.75 bits per heavy atom. The molecular weight excluding hydrogens is 250 g/mol. The second kappa shape index (κ2) is 4.57. The summed E-state index contributed by atoms with van der Waals surface area (Å²) in [6.07, 6.45) is 3.36.